The molecule has 1 aliphatic rings. The summed E-state index contributed by atoms with van der Waals surface area (Å²) in [4.78, 5) is 36.9. The van der Waals surface area contributed by atoms with Crippen LogP contribution in [0.25, 0.3) is 0 Å². The molecule has 0 unspecified atom stereocenters. The van der Waals surface area contributed by atoms with E-state index in [0.29, 0.717) is 11.3 Å². The normalized spacial score (nSPS) is 13.8. The van der Waals surface area contributed by atoms with Gasteiger partial charge in [0.2, 0.25) is 0 Å². The van der Waals surface area contributed by atoms with E-state index in [4.69, 9.17) is 11.6 Å². The predicted molar refractivity (Wildman–Crippen MR) is 95.5 cm³/mol. The number of hydrogen-bond acceptors (Lipinski definition) is 8. The maximum absolute atomic E-state index is 12.3. The summed E-state index contributed by atoms with van der Waals surface area (Å²) in [6.45, 7) is 0.00599. The highest BCUT2D eigenvalue weighted by molar-refractivity contribution is 6.29. The highest BCUT2D eigenvalue weighted by Gasteiger charge is 2.32. The summed E-state index contributed by atoms with van der Waals surface area (Å²) in [5.74, 6) is -1.12. The second-order valence-electron chi connectivity index (χ2n) is 5.39. The van der Waals surface area contributed by atoms with Crippen molar-refractivity contribution in [1.29, 1.82) is 0 Å². The van der Waals surface area contributed by atoms with Crippen LogP contribution in [0.15, 0.2) is 48.0 Å². The van der Waals surface area contributed by atoms with Gasteiger partial charge in [0, 0.05) is 24.9 Å². The molecular formula is C15H11ClN6O5. The SMILES string of the molecule is O=C(NCc1ccc(Cl)nc1)/C(=C1\Nc2ccc([N+](=O)[O-])cc2N1)[N+](=O)[O-]. The largest absolute Gasteiger partial charge is 0.373 e. The number of carbonyl (C=O) groups excluding carboxylic acids is 1. The van der Waals surface area contributed by atoms with Crippen LogP contribution in [0.3, 0.4) is 0 Å². The number of nitro benzene ring substituents is 1. The van der Waals surface area contributed by atoms with Gasteiger partial charge in [-0.1, -0.05) is 17.7 Å². The Balaban J connectivity index is 1.80. The number of hydrogen-bond donors (Lipinski definition) is 3. The minimum absolute atomic E-state index is 0.00599. The molecule has 138 valence electrons. The number of nitrogens with one attached hydrogen (secondary N) is 3. The van der Waals surface area contributed by atoms with Gasteiger partial charge >= 0.3 is 11.6 Å². The summed E-state index contributed by atoms with van der Waals surface area (Å²) in [7, 11) is 0. The van der Waals surface area contributed by atoms with Crippen molar-refractivity contribution in [2.24, 2.45) is 0 Å². The maximum Gasteiger partial charge on any atom is 0.373 e. The van der Waals surface area contributed by atoms with Gasteiger partial charge in [-0.25, -0.2) is 4.98 Å². The molecule has 3 N–H and O–H groups in total. The quantitative estimate of drug-likeness (QED) is 0.304. The fourth-order valence-electron chi connectivity index (χ4n) is 2.34. The maximum atomic E-state index is 12.3. The van der Waals surface area contributed by atoms with E-state index in [0.717, 1.165) is 0 Å². The van der Waals surface area contributed by atoms with E-state index in [1.807, 2.05) is 0 Å². The smallest absolute Gasteiger partial charge is 0.342 e. The van der Waals surface area contributed by atoms with Crippen molar-refractivity contribution >= 4 is 34.6 Å². The lowest BCUT2D eigenvalue weighted by Gasteiger charge is -2.06. The third-order valence-electron chi connectivity index (χ3n) is 3.61. The number of non-ortho nitro benzene ring substituents is 1. The van der Waals surface area contributed by atoms with Crippen LogP contribution in [0.1, 0.15) is 5.56 Å². The van der Waals surface area contributed by atoms with Crippen molar-refractivity contribution in [2.75, 3.05) is 10.6 Å². The third kappa shape index (κ3) is 3.93. The van der Waals surface area contributed by atoms with Gasteiger partial charge in [0.05, 0.1) is 21.2 Å². The van der Waals surface area contributed by atoms with Crippen LogP contribution in [-0.4, -0.2) is 20.7 Å². The molecule has 1 amide bonds. The Morgan fingerprint density at radius 3 is 2.52 bits per heavy atom. The van der Waals surface area contributed by atoms with Crippen molar-refractivity contribution < 1.29 is 14.6 Å². The molecule has 0 atom stereocenters. The topological polar surface area (TPSA) is 152 Å². The molecule has 1 aliphatic heterocycles. The monoisotopic (exact) mass is 390 g/mol. The number of fused-ring (bicyclic) bond motifs is 1. The summed E-state index contributed by atoms with van der Waals surface area (Å²) in [5.41, 5.74) is 0.298. The van der Waals surface area contributed by atoms with Crippen LogP contribution in [0.2, 0.25) is 5.15 Å². The number of rotatable bonds is 5. The predicted octanol–water partition coefficient (Wildman–Crippen LogP) is 2.24. The van der Waals surface area contributed by atoms with E-state index in [9.17, 15) is 25.0 Å². The first-order valence-electron chi connectivity index (χ1n) is 7.45. The lowest BCUT2D eigenvalue weighted by molar-refractivity contribution is -0.420. The molecule has 0 saturated carbocycles. The van der Waals surface area contributed by atoms with Crippen molar-refractivity contribution in [3.05, 3.63) is 79.0 Å². The Morgan fingerprint density at radius 2 is 1.89 bits per heavy atom. The van der Waals surface area contributed by atoms with Gasteiger partial charge in [-0.05, 0) is 17.7 Å². The van der Waals surface area contributed by atoms with Gasteiger partial charge < -0.3 is 16.0 Å². The molecule has 0 radical (unpaired) electrons. The highest BCUT2D eigenvalue weighted by Crippen LogP contribution is 2.34. The minimum atomic E-state index is -0.938. The second kappa shape index (κ2) is 7.25. The minimum Gasteiger partial charge on any atom is -0.342 e. The molecule has 3 rings (SSSR count). The molecule has 0 saturated heterocycles. The number of carbonyl (C=O) groups is 1. The summed E-state index contributed by atoms with van der Waals surface area (Å²) >= 11 is 5.67. The van der Waals surface area contributed by atoms with E-state index in [1.54, 1.807) is 6.07 Å². The molecule has 0 aliphatic carbocycles. The zero-order valence-electron chi connectivity index (χ0n) is 13.4. The van der Waals surface area contributed by atoms with Gasteiger partial charge in [-0.15, -0.1) is 0 Å². The van der Waals surface area contributed by atoms with Crippen LogP contribution in [-0.2, 0) is 11.3 Å². The number of aromatic nitrogens is 1. The van der Waals surface area contributed by atoms with E-state index >= 15 is 0 Å². The number of nitro groups is 2. The van der Waals surface area contributed by atoms with E-state index < -0.39 is 21.5 Å². The second-order valence-corrected chi connectivity index (χ2v) is 5.78. The summed E-state index contributed by atoms with van der Waals surface area (Å²) < 4.78 is 0. The van der Waals surface area contributed by atoms with E-state index in [-0.39, 0.29) is 28.9 Å². The summed E-state index contributed by atoms with van der Waals surface area (Å²) in [6.07, 6.45) is 1.43. The molecule has 27 heavy (non-hydrogen) atoms. The molecule has 2 heterocycles. The molecule has 1 aromatic carbocycles. The Labute approximate surface area is 156 Å². The zero-order chi connectivity index (χ0) is 19.6. The van der Waals surface area contributed by atoms with Gasteiger partial charge in [-0.2, -0.15) is 0 Å². The molecule has 0 fully saturated rings. The first kappa shape index (κ1) is 18.1. The Bertz CT molecular complexity index is 975. The van der Waals surface area contributed by atoms with Gasteiger partial charge in [0.1, 0.15) is 5.15 Å². The van der Waals surface area contributed by atoms with Crippen molar-refractivity contribution in [3.63, 3.8) is 0 Å². The van der Waals surface area contributed by atoms with E-state index in [2.05, 4.69) is 20.9 Å². The lowest BCUT2D eigenvalue weighted by atomic mass is 10.2. The molecule has 0 spiro atoms. The van der Waals surface area contributed by atoms with Gasteiger partial charge in [0.15, 0.2) is 5.82 Å². The fraction of sp³-hybridized carbons (Fsp3) is 0.0667. The van der Waals surface area contributed by atoms with Gasteiger partial charge in [-0.3, -0.25) is 25.0 Å². The number of halogens is 1. The molecule has 12 heteroatoms. The number of anilines is 2. The standard InChI is InChI=1S/C15H11ClN6O5/c16-12-4-1-8(6-17-12)7-18-15(23)13(22(26)27)14-19-10-3-2-9(21(24)25)5-11(10)20-14/h1-6,19-20H,7H2,(H,18,23)/b14-13-. The number of benzene rings is 1. The number of pyridine rings is 1. The van der Waals surface area contributed by atoms with Crippen LogP contribution in [0.4, 0.5) is 17.1 Å². The lowest BCUT2D eigenvalue weighted by Crippen LogP contribution is -2.30. The van der Waals surface area contributed by atoms with Crippen molar-refractivity contribution in [2.45, 2.75) is 6.54 Å². The summed E-state index contributed by atoms with van der Waals surface area (Å²) in [5, 5.41) is 30.2. The third-order valence-corrected chi connectivity index (χ3v) is 3.83. The Hall–Kier alpha value is -3.73. The first-order chi connectivity index (χ1) is 12.8. The highest BCUT2D eigenvalue weighted by atomic mass is 35.5. The van der Waals surface area contributed by atoms with Gasteiger partial charge in [0.25, 0.3) is 5.69 Å². The molecule has 11 nitrogen and oxygen atoms in total. The summed E-state index contributed by atoms with van der Waals surface area (Å²) in [6, 6.07) is 7.00. The van der Waals surface area contributed by atoms with Crippen molar-refractivity contribution in [1.82, 2.24) is 10.3 Å². The van der Waals surface area contributed by atoms with E-state index in [1.165, 1.54) is 30.5 Å². The van der Waals surface area contributed by atoms with Crippen LogP contribution in [0, 0.1) is 20.2 Å². The average Bonchev–Trinajstić information content (AvgIpc) is 3.03. The zero-order valence-corrected chi connectivity index (χ0v) is 14.2. The fourth-order valence-corrected chi connectivity index (χ4v) is 2.45. The molecule has 0 bridgehead atoms. The molecular weight excluding hydrogens is 380 g/mol. The Kier molecular flexibility index (Phi) is 4.86. The first-order valence-corrected chi connectivity index (χ1v) is 7.82. The Morgan fingerprint density at radius 1 is 1.15 bits per heavy atom. The molecule has 1 aromatic heterocycles. The average molecular weight is 391 g/mol. The van der Waals surface area contributed by atoms with Crippen LogP contribution in [0.5, 0.6) is 0 Å². The van der Waals surface area contributed by atoms with Crippen LogP contribution < -0.4 is 16.0 Å². The number of nitrogens with zero attached hydrogens (tertiary/aromatic N) is 3. The number of amides is 1. The molecule has 2 aromatic rings. The van der Waals surface area contributed by atoms with Crippen LogP contribution >= 0.6 is 11.6 Å². The van der Waals surface area contributed by atoms with Crippen molar-refractivity contribution in [3.8, 4) is 0 Å².